The third-order valence-electron chi connectivity index (χ3n) is 1.49. The topological polar surface area (TPSA) is 113 Å². The molecule has 8 heteroatoms. The summed E-state index contributed by atoms with van der Waals surface area (Å²) >= 11 is 0. The summed E-state index contributed by atoms with van der Waals surface area (Å²) in [5.74, 6) is 0. The summed E-state index contributed by atoms with van der Waals surface area (Å²) in [5, 5.41) is 15.2. The van der Waals surface area contributed by atoms with Crippen molar-refractivity contribution in [3.8, 4) is 0 Å². The van der Waals surface area contributed by atoms with Crippen molar-refractivity contribution in [2.75, 3.05) is 33.0 Å². The van der Waals surface area contributed by atoms with Gasteiger partial charge in [-0.15, -0.1) is 132 Å². The molecule has 7 nitrogen and oxygen atoms in total. The molecule has 0 aliphatic heterocycles. The molecule has 0 saturated heterocycles. The van der Waals surface area contributed by atoms with Gasteiger partial charge in [-0.05, 0) is 20.3 Å². The van der Waals surface area contributed by atoms with Gasteiger partial charge in [-0.1, -0.05) is 19.8 Å². The Morgan fingerprint density at radius 2 is 0.744 bits per heavy atom. The minimum Gasteiger partial charge on any atom is -0.394 e. The average molecular weight is 585 g/mol. The monoisotopic (exact) mass is 584 g/mol. The van der Waals surface area contributed by atoms with Gasteiger partial charge < -0.3 is 14.9 Å². The second-order valence-electron chi connectivity index (χ2n) is 3.19. The maximum Gasteiger partial charge on any atom is 0.397 e. The first-order valence-corrected chi connectivity index (χ1v) is 12.7. The zero-order valence-corrected chi connectivity index (χ0v) is 27.0. The van der Waals surface area contributed by atoms with Crippen molar-refractivity contribution in [2.24, 2.45) is 0 Å². The lowest BCUT2D eigenvalue weighted by atomic mass is 10.3. The van der Waals surface area contributed by atoms with Crippen LogP contribution in [-0.4, -0.2) is 56.2 Å². The van der Waals surface area contributed by atoms with Crippen molar-refractivity contribution in [1.82, 2.24) is 0 Å². The highest BCUT2D eigenvalue weighted by Crippen LogP contribution is 1.96. The molecule has 3 N–H and O–H groups in total. The van der Waals surface area contributed by atoms with Crippen molar-refractivity contribution in [1.29, 1.82) is 0 Å². The Morgan fingerprint density at radius 3 is 0.846 bits per heavy atom. The molecule has 0 bridgehead atoms. The Balaban J connectivity index is -0.0000000185. The van der Waals surface area contributed by atoms with Crippen LogP contribution in [0.15, 0.2) is 132 Å². The lowest BCUT2D eigenvalue weighted by molar-refractivity contribution is 0.162. The summed E-state index contributed by atoms with van der Waals surface area (Å²) in [6, 6.07) is 0. The summed E-state index contributed by atoms with van der Waals surface area (Å²) in [4.78, 5) is 0. The van der Waals surface area contributed by atoms with E-state index in [1.807, 2.05) is 20.8 Å². The lowest BCUT2D eigenvalue weighted by Crippen LogP contribution is -2.04. The van der Waals surface area contributed by atoms with E-state index in [-0.39, 0.29) is 19.8 Å². The van der Waals surface area contributed by atoms with Crippen LogP contribution < -0.4 is 0 Å². The standard InChI is InChI=1S/C5H12O4S.C4H10O.C2H6O2.10C2H4/c1-2-3-4-5-9-10(6,7)8;1-3-5-4-2;3-1-2-4;10*1-2/h2-5H2,1H3,(H,6,7,8);3-4H2,1-2H3;3-4H,1-2H2;10*1-2H2. The number of rotatable bonds is 8. The molecule has 0 aromatic heterocycles. The second kappa shape index (κ2) is 237. The van der Waals surface area contributed by atoms with E-state index in [1.165, 1.54) is 0 Å². The van der Waals surface area contributed by atoms with Crippen LogP contribution >= 0.6 is 0 Å². The molecule has 0 saturated carbocycles. The van der Waals surface area contributed by atoms with Crippen molar-refractivity contribution >= 4 is 10.4 Å². The van der Waals surface area contributed by atoms with Gasteiger partial charge in [0.25, 0.3) is 0 Å². The fraction of sp³-hybridized carbons (Fsp3) is 0.355. The van der Waals surface area contributed by atoms with Gasteiger partial charge in [-0.25, -0.2) is 4.18 Å². The fourth-order valence-corrected chi connectivity index (χ4v) is 1.05. The number of aliphatic hydroxyl groups is 2. The highest BCUT2D eigenvalue weighted by Gasteiger charge is 2.01. The molecular formula is C31H68O7S. The molecule has 0 amide bonds. The van der Waals surface area contributed by atoms with Gasteiger partial charge in [0, 0.05) is 13.2 Å². The van der Waals surface area contributed by atoms with Gasteiger partial charge in [-0.2, -0.15) is 8.42 Å². The van der Waals surface area contributed by atoms with Gasteiger partial charge in [-0.3, -0.25) is 4.55 Å². The molecule has 0 aliphatic rings. The molecule has 0 aliphatic carbocycles. The number of hydrogen-bond donors (Lipinski definition) is 3. The first kappa shape index (κ1) is 83.3. The maximum atomic E-state index is 9.93. The number of unbranched alkanes of at least 4 members (excludes halogenated alkanes) is 2. The van der Waals surface area contributed by atoms with Gasteiger partial charge in [0.15, 0.2) is 0 Å². The first-order valence-electron chi connectivity index (χ1n) is 11.3. The Hall–Kier alpha value is -2.85. The molecule has 0 heterocycles. The SMILES string of the molecule is C=C.C=C.C=C.C=C.C=C.C=C.C=C.C=C.C=C.C=C.CCCCCOS(=O)(=O)O.CCOCC.OCCO. The fourth-order valence-electron chi connectivity index (χ4n) is 0.720. The zero-order chi connectivity index (χ0) is 35.6. The number of hydrogen-bond acceptors (Lipinski definition) is 6. The molecule has 0 rings (SSSR count). The normalized spacial score (nSPS) is 5.90. The molecule has 0 unspecified atom stereocenters. The molecule has 0 aromatic carbocycles. The van der Waals surface area contributed by atoms with Crippen molar-refractivity contribution in [3.05, 3.63) is 132 Å². The van der Waals surface area contributed by atoms with E-state index in [1.54, 1.807) is 0 Å². The number of aliphatic hydroxyl groups excluding tert-OH is 2. The summed E-state index contributed by atoms with van der Waals surface area (Å²) in [5.41, 5.74) is 0. The van der Waals surface area contributed by atoms with Crippen molar-refractivity contribution in [3.63, 3.8) is 0 Å². The molecule has 0 atom stereocenters. The van der Waals surface area contributed by atoms with Gasteiger partial charge >= 0.3 is 10.4 Å². The van der Waals surface area contributed by atoms with Gasteiger partial charge in [0.05, 0.1) is 19.8 Å². The van der Waals surface area contributed by atoms with E-state index in [9.17, 15) is 8.42 Å². The van der Waals surface area contributed by atoms with E-state index in [4.69, 9.17) is 19.5 Å². The molecule has 0 aromatic rings. The summed E-state index contributed by atoms with van der Waals surface area (Å²) in [6.07, 6.45) is 2.57. The first-order chi connectivity index (χ1) is 18.9. The molecule has 0 spiro atoms. The van der Waals surface area contributed by atoms with Crippen LogP contribution in [0.4, 0.5) is 0 Å². The molecule has 240 valence electrons. The zero-order valence-electron chi connectivity index (χ0n) is 26.2. The predicted molar refractivity (Wildman–Crippen MR) is 186 cm³/mol. The van der Waals surface area contributed by atoms with E-state index < -0.39 is 10.4 Å². The second-order valence-corrected chi connectivity index (χ2v) is 4.28. The quantitative estimate of drug-likeness (QED) is 0.148. The minimum atomic E-state index is -4.20. The summed E-state index contributed by atoms with van der Waals surface area (Å²) < 4.78 is 36.8. The third kappa shape index (κ3) is 756. The summed E-state index contributed by atoms with van der Waals surface area (Å²) in [7, 11) is -4.20. The van der Waals surface area contributed by atoms with Crippen LogP contribution in [0, 0.1) is 0 Å². The Labute approximate surface area is 247 Å². The Morgan fingerprint density at radius 1 is 0.513 bits per heavy atom. The minimum absolute atomic E-state index is 0.0761. The van der Waals surface area contributed by atoms with Crippen LogP contribution in [0.1, 0.15) is 40.0 Å². The van der Waals surface area contributed by atoms with Crippen LogP contribution in [0.2, 0.25) is 0 Å². The molecule has 0 fully saturated rings. The lowest BCUT2D eigenvalue weighted by Gasteiger charge is -1.96. The van der Waals surface area contributed by atoms with Gasteiger partial charge in [0.1, 0.15) is 0 Å². The van der Waals surface area contributed by atoms with Crippen LogP contribution in [0.25, 0.3) is 0 Å². The van der Waals surface area contributed by atoms with Crippen LogP contribution in [0.3, 0.4) is 0 Å². The maximum absolute atomic E-state index is 9.93. The number of ether oxygens (including phenoxy) is 1. The van der Waals surface area contributed by atoms with Crippen molar-refractivity contribution in [2.45, 2.75) is 40.0 Å². The van der Waals surface area contributed by atoms with Crippen LogP contribution in [-0.2, 0) is 19.3 Å². The largest absolute Gasteiger partial charge is 0.397 e. The van der Waals surface area contributed by atoms with Crippen molar-refractivity contribution < 1.29 is 32.1 Å². The van der Waals surface area contributed by atoms with E-state index in [0.29, 0.717) is 6.42 Å². The average Bonchev–Trinajstić information content (AvgIpc) is 3.05. The molecular weight excluding hydrogens is 516 g/mol. The van der Waals surface area contributed by atoms with E-state index in [2.05, 4.69) is 136 Å². The predicted octanol–water partition coefficient (Wildman–Crippen LogP) is 9.03. The van der Waals surface area contributed by atoms with Crippen LogP contribution in [0.5, 0.6) is 0 Å². The summed E-state index contributed by atoms with van der Waals surface area (Å²) in [6.45, 7) is 67.5. The van der Waals surface area contributed by atoms with E-state index >= 15 is 0 Å². The van der Waals surface area contributed by atoms with E-state index in [0.717, 1.165) is 26.1 Å². The Bertz CT molecular complexity index is 329. The highest BCUT2D eigenvalue weighted by molar-refractivity contribution is 7.80. The molecule has 39 heavy (non-hydrogen) atoms. The Kier molecular flexibility index (Phi) is 507. The molecule has 0 radical (unpaired) electrons. The smallest absolute Gasteiger partial charge is 0.394 e. The highest BCUT2D eigenvalue weighted by atomic mass is 32.3. The third-order valence-corrected chi connectivity index (χ3v) is 1.95. The van der Waals surface area contributed by atoms with Gasteiger partial charge in [0.2, 0.25) is 0 Å².